The Kier molecular flexibility index (Phi) is 6.10. The molecule has 0 bridgehead atoms. The number of nitrogens with zero attached hydrogens (tertiary/aromatic N) is 1. The zero-order chi connectivity index (χ0) is 22.1. The molecule has 1 unspecified atom stereocenters. The zero-order valence-corrected chi connectivity index (χ0v) is 18.7. The first-order chi connectivity index (χ1) is 14.0. The van der Waals surface area contributed by atoms with E-state index in [4.69, 9.17) is 9.47 Å². The highest BCUT2D eigenvalue weighted by molar-refractivity contribution is 7.89. The van der Waals surface area contributed by atoms with Gasteiger partial charge in [0.25, 0.3) is 5.91 Å². The Bertz CT molecular complexity index is 1040. The maximum atomic E-state index is 13.1. The van der Waals surface area contributed by atoms with Gasteiger partial charge in [0, 0.05) is 18.2 Å². The van der Waals surface area contributed by atoms with Crippen LogP contribution in [-0.2, 0) is 10.0 Å². The van der Waals surface area contributed by atoms with Gasteiger partial charge >= 0.3 is 0 Å². The van der Waals surface area contributed by atoms with Gasteiger partial charge in [-0.3, -0.25) is 4.79 Å². The third-order valence-corrected chi connectivity index (χ3v) is 6.34. The minimum atomic E-state index is -3.74. The van der Waals surface area contributed by atoms with Crippen LogP contribution in [0.1, 0.15) is 36.7 Å². The molecule has 0 fully saturated rings. The SMILES string of the molecule is Cc1ccc(S(=O)(=O)NC(C)(C)C)cc1C(=O)N(C)CC1COc2ccccc2O1. The Morgan fingerprint density at radius 3 is 2.50 bits per heavy atom. The lowest BCUT2D eigenvalue weighted by atomic mass is 10.1. The number of carbonyl (C=O) groups is 1. The summed E-state index contributed by atoms with van der Waals surface area (Å²) in [5.41, 5.74) is 0.415. The van der Waals surface area contributed by atoms with Crippen molar-refractivity contribution < 1.29 is 22.7 Å². The van der Waals surface area contributed by atoms with Gasteiger partial charge in [0.2, 0.25) is 10.0 Å². The predicted octanol–water partition coefficient (Wildman–Crippen LogP) is 2.98. The molecule has 1 aliphatic heterocycles. The van der Waals surface area contributed by atoms with Gasteiger partial charge < -0.3 is 14.4 Å². The summed E-state index contributed by atoms with van der Waals surface area (Å²) < 4.78 is 39.6. The van der Waals surface area contributed by atoms with Crippen molar-refractivity contribution in [3.8, 4) is 11.5 Å². The predicted molar refractivity (Wildman–Crippen MR) is 115 cm³/mol. The first kappa shape index (κ1) is 22.1. The number of hydrogen-bond acceptors (Lipinski definition) is 5. The number of likely N-dealkylation sites (N-methyl/N-ethyl adjacent to an activating group) is 1. The molecule has 1 N–H and O–H groups in total. The lowest BCUT2D eigenvalue weighted by Crippen LogP contribution is -2.42. The number of sulfonamides is 1. The van der Waals surface area contributed by atoms with E-state index in [1.807, 2.05) is 24.3 Å². The lowest BCUT2D eigenvalue weighted by molar-refractivity contribution is 0.0520. The third kappa shape index (κ3) is 5.12. The molecular weight excluding hydrogens is 404 g/mol. The van der Waals surface area contributed by atoms with E-state index in [1.165, 1.54) is 17.0 Å². The number of rotatable bonds is 5. The monoisotopic (exact) mass is 432 g/mol. The lowest BCUT2D eigenvalue weighted by Gasteiger charge is -2.30. The van der Waals surface area contributed by atoms with E-state index in [0.29, 0.717) is 35.8 Å². The van der Waals surface area contributed by atoms with Gasteiger partial charge in [0.1, 0.15) is 6.61 Å². The fraction of sp³-hybridized carbons (Fsp3) is 0.409. The summed E-state index contributed by atoms with van der Waals surface area (Å²) >= 11 is 0. The average molecular weight is 433 g/mol. The molecule has 1 heterocycles. The number of nitrogens with one attached hydrogen (secondary N) is 1. The largest absolute Gasteiger partial charge is 0.486 e. The van der Waals surface area contributed by atoms with E-state index in [0.717, 1.165) is 0 Å². The van der Waals surface area contributed by atoms with Gasteiger partial charge in [-0.2, -0.15) is 0 Å². The molecule has 2 aromatic rings. The molecule has 0 spiro atoms. The highest BCUT2D eigenvalue weighted by atomic mass is 32.2. The minimum Gasteiger partial charge on any atom is -0.486 e. The number of carbonyl (C=O) groups excluding carboxylic acids is 1. The van der Waals surface area contributed by atoms with Crippen LogP contribution in [0.4, 0.5) is 0 Å². The summed E-state index contributed by atoms with van der Waals surface area (Å²) in [7, 11) is -2.08. The van der Waals surface area contributed by atoms with Crippen LogP contribution < -0.4 is 14.2 Å². The molecule has 0 aliphatic carbocycles. The van der Waals surface area contributed by atoms with Crippen molar-refractivity contribution in [2.45, 2.75) is 44.2 Å². The number of ether oxygens (including phenoxy) is 2. The van der Waals surface area contributed by atoms with E-state index in [-0.39, 0.29) is 16.9 Å². The van der Waals surface area contributed by atoms with Crippen LogP contribution in [0.3, 0.4) is 0 Å². The number of benzene rings is 2. The van der Waals surface area contributed by atoms with E-state index in [9.17, 15) is 13.2 Å². The molecule has 162 valence electrons. The fourth-order valence-electron chi connectivity index (χ4n) is 3.21. The van der Waals surface area contributed by atoms with Crippen LogP contribution in [0.5, 0.6) is 11.5 Å². The van der Waals surface area contributed by atoms with Gasteiger partial charge in [-0.25, -0.2) is 13.1 Å². The van der Waals surface area contributed by atoms with Crippen LogP contribution >= 0.6 is 0 Å². The summed E-state index contributed by atoms with van der Waals surface area (Å²) in [4.78, 5) is 14.7. The summed E-state index contributed by atoms with van der Waals surface area (Å²) in [5.74, 6) is 1.05. The number of para-hydroxylation sites is 2. The van der Waals surface area contributed by atoms with E-state index in [1.54, 1.807) is 40.8 Å². The second kappa shape index (κ2) is 8.28. The summed E-state index contributed by atoms with van der Waals surface area (Å²) in [6, 6.07) is 12.0. The first-order valence-corrected chi connectivity index (χ1v) is 11.2. The van der Waals surface area contributed by atoms with Crippen LogP contribution in [0, 0.1) is 6.92 Å². The maximum Gasteiger partial charge on any atom is 0.254 e. The molecule has 1 amide bonds. The van der Waals surface area contributed by atoms with Crippen molar-refractivity contribution in [3.05, 3.63) is 53.6 Å². The molecule has 2 aromatic carbocycles. The Morgan fingerprint density at radius 1 is 1.17 bits per heavy atom. The standard InChI is InChI=1S/C22H28N2O5S/c1-15-10-11-17(30(26,27)23-22(2,3)4)12-18(15)21(25)24(5)13-16-14-28-19-8-6-7-9-20(19)29-16/h6-12,16,23H,13-14H2,1-5H3. The maximum absolute atomic E-state index is 13.1. The molecule has 7 nitrogen and oxygen atoms in total. The molecule has 3 rings (SSSR count). The van der Waals surface area contributed by atoms with Crippen molar-refractivity contribution >= 4 is 15.9 Å². The Hall–Kier alpha value is -2.58. The topological polar surface area (TPSA) is 84.9 Å². The molecule has 0 saturated heterocycles. The molecule has 1 aliphatic rings. The van der Waals surface area contributed by atoms with E-state index < -0.39 is 15.6 Å². The second-order valence-corrected chi connectivity index (χ2v) is 10.2. The summed E-state index contributed by atoms with van der Waals surface area (Å²) in [5, 5.41) is 0. The Morgan fingerprint density at radius 2 is 1.83 bits per heavy atom. The summed E-state index contributed by atoms with van der Waals surface area (Å²) in [6.07, 6.45) is -0.316. The number of hydrogen-bond donors (Lipinski definition) is 1. The van der Waals surface area contributed by atoms with Crippen molar-refractivity contribution in [2.24, 2.45) is 0 Å². The highest BCUT2D eigenvalue weighted by Gasteiger charge is 2.27. The van der Waals surface area contributed by atoms with E-state index >= 15 is 0 Å². The molecule has 1 atom stereocenters. The number of fused-ring (bicyclic) bond motifs is 1. The van der Waals surface area contributed by atoms with Crippen molar-refractivity contribution in [2.75, 3.05) is 20.2 Å². The van der Waals surface area contributed by atoms with Crippen molar-refractivity contribution in [1.82, 2.24) is 9.62 Å². The van der Waals surface area contributed by atoms with Gasteiger partial charge in [0.15, 0.2) is 17.6 Å². The van der Waals surface area contributed by atoms with Crippen LogP contribution in [-0.4, -0.2) is 51.1 Å². The van der Waals surface area contributed by atoms with Gasteiger partial charge in [-0.05, 0) is 57.5 Å². The van der Waals surface area contributed by atoms with Crippen LogP contribution in [0.25, 0.3) is 0 Å². The average Bonchev–Trinajstić information content (AvgIpc) is 2.65. The number of aryl methyl sites for hydroxylation is 1. The second-order valence-electron chi connectivity index (χ2n) is 8.52. The van der Waals surface area contributed by atoms with Crippen molar-refractivity contribution in [1.29, 1.82) is 0 Å². The number of amides is 1. The fourth-order valence-corrected chi connectivity index (χ4v) is 4.65. The molecule has 0 radical (unpaired) electrons. The van der Waals surface area contributed by atoms with E-state index in [2.05, 4.69) is 4.72 Å². The zero-order valence-electron chi connectivity index (χ0n) is 17.9. The van der Waals surface area contributed by atoms with Crippen LogP contribution in [0.15, 0.2) is 47.4 Å². The third-order valence-electron chi connectivity index (χ3n) is 4.58. The highest BCUT2D eigenvalue weighted by Crippen LogP contribution is 2.31. The smallest absolute Gasteiger partial charge is 0.254 e. The molecular formula is C22H28N2O5S. The molecule has 30 heavy (non-hydrogen) atoms. The quantitative estimate of drug-likeness (QED) is 0.785. The van der Waals surface area contributed by atoms with Gasteiger partial charge in [0.05, 0.1) is 11.4 Å². The normalized spacial score (nSPS) is 16.2. The van der Waals surface area contributed by atoms with Crippen molar-refractivity contribution in [3.63, 3.8) is 0 Å². The Balaban J connectivity index is 1.76. The Labute approximate surface area is 178 Å². The molecule has 8 heteroatoms. The van der Waals surface area contributed by atoms with Gasteiger partial charge in [-0.15, -0.1) is 0 Å². The first-order valence-electron chi connectivity index (χ1n) is 9.75. The minimum absolute atomic E-state index is 0.0611. The molecule has 0 aromatic heterocycles. The molecule has 0 saturated carbocycles. The van der Waals surface area contributed by atoms with Crippen LogP contribution in [0.2, 0.25) is 0 Å². The van der Waals surface area contributed by atoms with Gasteiger partial charge in [-0.1, -0.05) is 18.2 Å². The summed E-state index contributed by atoms with van der Waals surface area (Å²) in [6.45, 7) is 7.72.